The number of hydrogen-bond donors (Lipinski definition) is 1. The maximum Gasteiger partial charge on any atom is 0.0562 e. The predicted octanol–water partition coefficient (Wildman–Crippen LogP) is 2.97. The number of nitrogens with zero attached hydrogens (tertiary/aromatic N) is 1. The van der Waals surface area contributed by atoms with Crippen LogP contribution in [0.1, 0.15) is 6.42 Å². The molecule has 0 radical (unpaired) electrons. The number of thioether (sulfide) groups is 1. The molecule has 0 saturated heterocycles. The lowest BCUT2D eigenvalue weighted by Crippen LogP contribution is -2.13. The SMILES string of the molecule is CN(C)CCCSc1c(N)cccc1Cl. The van der Waals surface area contributed by atoms with Crippen molar-refractivity contribution >= 4 is 29.1 Å². The normalized spacial score (nSPS) is 10.9. The van der Waals surface area contributed by atoms with Crippen molar-refractivity contribution in [3.8, 4) is 0 Å². The van der Waals surface area contributed by atoms with E-state index in [1.54, 1.807) is 11.8 Å². The van der Waals surface area contributed by atoms with Crippen LogP contribution in [0.5, 0.6) is 0 Å². The van der Waals surface area contributed by atoms with E-state index in [2.05, 4.69) is 19.0 Å². The van der Waals surface area contributed by atoms with E-state index in [4.69, 9.17) is 17.3 Å². The Morgan fingerprint density at radius 1 is 1.40 bits per heavy atom. The lowest BCUT2D eigenvalue weighted by atomic mass is 10.3. The summed E-state index contributed by atoms with van der Waals surface area (Å²) in [5.74, 6) is 1.05. The van der Waals surface area contributed by atoms with Crippen molar-refractivity contribution < 1.29 is 0 Å². The van der Waals surface area contributed by atoms with Crippen molar-refractivity contribution in [2.24, 2.45) is 0 Å². The van der Waals surface area contributed by atoms with Gasteiger partial charge in [-0.1, -0.05) is 17.7 Å². The molecule has 0 bridgehead atoms. The number of nitrogen functional groups attached to an aromatic ring is 1. The first-order valence-corrected chi connectivity index (χ1v) is 6.29. The molecular formula is C11H17ClN2S. The molecule has 0 unspecified atom stereocenters. The Balaban J connectivity index is 2.43. The van der Waals surface area contributed by atoms with Gasteiger partial charge >= 0.3 is 0 Å². The number of anilines is 1. The third kappa shape index (κ3) is 4.33. The average Bonchev–Trinajstić information content (AvgIpc) is 2.15. The molecule has 2 nitrogen and oxygen atoms in total. The van der Waals surface area contributed by atoms with E-state index in [0.29, 0.717) is 0 Å². The van der Waals surface area contributed by atoms with Crippen LogP contribution in [0.15, 0.2) is 23.1 Å². The van der Waals surface area contributed by atoms with E-state index in [-0.39, 0.29) is 0 Å². The van der Waals surface area contributed by atoms with E-state index in [1.165, 1.54) is 0 Å². The smallest absolute Gasteiger partial charge is 0.0562 e. The lowest BCUT2D eigenvalue weighted by molar-refractivity contribution is 0.410. The van der Waals surface area contributed by atoms with Crippen LogP contribution in [0, 0.1) is 0 Å². The first kappa shape index (κ1) is 12.7. The Morgan fingerprint density at radius 3 is 2.73 bits per heavy atom. The Morgan fingerprint density at radius 2 is 2.13 bits per heavy atom. The quantitative estimate of drug-likeness (QED) is 0.491. The topological polar surface area (TPSA) is 29.3 Å². The molecule has 4 heteroatoms. The van der Waals surface area contributed by atoms with E-state index in [9.17, 15) is 0 Å². The highest BCUT2D eigenvalue weighted by molar-refractivity contribution is 7.99. The Bertz CT molecular complexity index is 295. The maximum atomic E-state index is 6.06. The Hall–Kier alpha value is -0.380. The summed E-state index contributed by atoms with van der Waals surface area (Å²) in [6.07, 6.45) is 1.14. The van der Waals surface area contributed by atoms with Crippen molar-refractivity contribution in [3.05, 3.63) is 23.2 Å². The van der Waals surface area contributed by atoms with Gasteiger partial charge in [0.05, 0.1) is 5.02 Å². The molecule has 0 amide bonds. The highest BCUT2D eigenvalue weighted by Gasteiger charge is 2.04. The number of hydrogen-bond acceptors (Lipinski definition) is 3. The third-order valence-corrected chi connectivity index (χ3v) is 3.66. The van der Waals surface area contributed by atoms with Crippen molar-refractivity contribution in [2.75, 3.05) is 32.1 Å². The summed E-state index contributed by atoms with van der Waals surface area (Å²) in [5, 5.41) is 0.754. The van der Waals surface area contributed by atoms with Crippen LogP contribution in [-0.2, 0) is 0 Å². The van der Waals surface area contributed by atoms with Crippen LogP contribution in [0.25, 0.3) is 0 Å². The molecule has 0 aliphatic carbocycles. The number of benzene rings is 1. The fourth-order valence-electron chi connectivity index (χ4n) is 1.23. The summed E-state index contributed by atoms with van der Waals surface area (Å²) in [5.41, 5.74) is 6.62. The second-order valence-corrected chi connectivity index (χ2v) is 5.18. The molecule has 0 spiro atoms. The Kier molecular flexibility index (Phi) is 5.29. The van der Waals surface area contributed by atoms with Gasteiger partial charge in [0, 0.05) is 10.6 Å². The zero-order valence-corrected chi connectivity index (χ0v) is 10.7. The van der Waals surface area contributed by atoms with Gasteiger partial charge in [0.15, 0.2) is 0 Å². The van der Waals surface area contributed by atoms with Crippen molar-refractivity contribution in [1.29, 1.82) is 0 Å². The molecule has 0 heterocycles. The minimum Gasteiger partial charge on any atom is -0.398 e. The molecule has 84 valence electrons. The lowest BCUT2D eigenvalue weighted by Gasteiger charge is -2.10. The second kappa shape index (κ2) is 6.26. The van der Waals surface area contributed by atoms with Gasteiger partial charge in [-0.2, -0.15) is 0 Å². The summed E-state index contributed by atoms with van der Waals surface area (Å²) in [7, 11) is 4.16. The summed E-state index contributed by atoms with van der Waals surface area (Å²) in [6.45, 7) is 1.09. The average molecular weight is 245 g/mol. The molecule has 0 aliphatic rings. The minimum atomic E-state index is 0.754. The van der Waals surface area contributed by atoms with Gasteiger partial charge in [-0.05, 0) is 44.9 Å². The number of halogens is 1. The van der Waals surface area contributed by atoms with Crippen LogP contribution in [-0.4, -0.2) is 31.3 Å². The van der Waals surface area contributed by atoms with Crippen molar-refractivity contribution in [3.63, 3.8) is 0 Å². The summed E-state index contributed by atoms with van der Waals surface area (Å²) in [4.78, 5) is 3.19. The first-order chi connectivity index (χ1) is 7.11. The van der Waals surface area contributed by atoms with Gasteiger partial charge in [-0.25, -0.2) is 0 Å². The van der Waals surface area contributed by atoms with Gasteiger partial charge in [0.2, 0.25) is 0 Å². The van der Waals surface area contributed by atoms with E-state index in [1.807, 2.05) is 18.2 Å². The first-order valence-electron chi connectivity index (χ1n) is 4.93. The molecule has 0 atom stereocenters. The molecule has 0 fully saturated rings. The van der Waals surface area contributed by atoms with Gasteiger partial charge in [-0.15, -0.1) is 11.8 Å². The van der Waals surface area contributed by atoms with Crippen LogP contribution < -0.4 is 5.73 Å². The van der Waals surface area contributed by atoms with Gasteiger partial charge < -0.3 is 10.6 Å². The zero-order chi connectivity index (χ0) is 11.3. The largest absolute Gasteiger partial charge is 0.398 e. The second-order valence-electron chi connectivity index (χ2n) is 3.66. The van der Waals surface area contributed by atoms with Gasteiger partial charge in [-0.3, -0.25) is 0 Å². The van der Waals surface area contributed by atoms with Crippen molar-refractivity contribution in [1.82, 2.24) is 4.90 Å². The highest BCUT2D eigenvalue weighted by atomic mass is 35.5. The number of rotatable bonds is 5. The summed E-state index contributed by atoms with van der Waals surface area (Å²) >= 11 is 7.79. The fraction of sp³-hybridized carbons (Fsp3) is 0.455. The molecular weight excluding hydrogens is 228 g/mol. The van der Waals surface area contributed by atoms with Gasteiger partial charge in [0.1, 0.15) is 0 Å². The van der Waals surface area contributed by atoms with Crippen LogP contribution in [0.2, 0.25) is 5.02 Å². The number of nitrogens with two attached hydrogens (primary N) is 1. The third-order valence-electron chi connectivity index (χ3n) is 1.99. The monoisotopic (exact) mass is 244 g/mol. The van der Waals surface area contributed by atoms with Crippen molar-refractivity contribution in [2.45, 2.75) is 11.3 Å². The molecule has 0 aromatic heterocycles. The van der Waals surface area contributed by atoms with E-state index in [0.717, 1.165) is 34.3 Å². The molecule has 2 N–H and O–H groups in total. The maximum absolute atomic E-state index is 6.06. The zero-order valence-electron chi connectivity index (χ0n) is 9.16. The molecule has 0 saturated carbocycles. The molecule has 1 aromatic rings. The highest BCUT2D eigenvalue weighted by Crippen LogP contribution is 2.32. The summed E-state index contributed by atoms with van der Waals surface area (Å²) in [6, 6.07) is 5.65. The van der Waals surface area contributed by atoms with Crippen LogP contribution >= 0.6 is 23.4 Å². The predicted molar refractivity (Wildman–Crippen MR) is 69.8 cm³/mol. The van der Waals surface area contributed by atoms with Gasteiger partial charge in [0.25, 0.3) is 0 Å². The summed E-state index contributed by atoms with van der Waals surface area (Å²) < 4.78 is 0. The van der Waals surface area contributed by atoms with E-state index >= 15 is 0 Å². The van der Waals surface area contributed by atoms with E-state index < -0.39 is 0 Å². The standard InChI is InChI=1S/C11H17ClN2S/c1-14(2)7-4-8-15-11-9(12)5-3-6-10(11)13/h3,5-6H,4,7-8,13H2,1-2H3. The van der Waals surface area contributed by atoms with Crippen LogP contribution in [0.3, 0.4) is 0 Å². The van der Waals surface area contributed by atoms with Crippen LogP contribution in [0.4, 0.5) is 5.69 Å². The molecule has 1 aromatic carbocycles. The molecule has 15 heavy (non-hydrogen) atoms. The minimum absolute atomic E-state index is 0.754. The molecule has 0 aliphatic heterocycles. The Labute approximate surface area is 101 Å². The molecule has 1 rings (SSSR count). The fourth-order valence-corrected chi connectivity index (χ4v) is 2.50.